The van der Waals surface area contributed by atoms with Crippen molar-refractivity contribution in [2.24, 2.45) is 0 Å². The molecule has 30 heavy (non-hydrogen) atoms. The van der Waals surface area contributed by atoms with E-state index in [0.29, 0.717) is 35.2 Å². The summed E-state index contributed by atoms with van der Waals surface area (Å²) in [7, 11) is 1.57. The molecule has 1 aliphatic rings. The Labute approximate surface area is 181 Å². The SMILES string of the molecule is COc1cc(/C=C/C(=O)Nc2cc(N3CCCC3=O)ccc2Cl)ccc1OC(C)C. The highest BCUT2D eigenvalue weighted by Gasteiger charge is 2.22. The summed E-state index contributed by atoms with van der Waals surface area (Å²) in [5.41, 5.74) is 1.98. The van der Waals surface area contributed by atoms with E-state index >= 15 is 0 Å². The molecule has 0 saturated carbocycles. The second-order valence-electron chi connectivity index (χ2n) is 7.21. The molecule has 6 nitrogen and oxygen atoms in total. The van der Waals surface area contributed by atoms with Crippen LogP contribution in [-0.2, 0) is 9.59 Å². The number of anilines is 2. The highest BCUT2D eigenvalue weighted by molar-refractivity contribution is 6.34. The van der Waals surface area contributed by atoms with Gasteiger partial charge in [-0.25, -0.2) is 0 Å². The summed E-state index contributed by atoms with van der Waals surface area (Å²) < 4.78 is 11.1. The molecule has 0 radical (unpaired) electrons. The molecule has 2 aromatic carbocycles. The molecule has 2 amide bonds. The van der Waals surface area contributed by atoms with Crippen molar-refractivity contribution in [3.63, 3.8) is 0 Å². The van der Waals surface area contributed by atoms with Crippen LogP contribution in [0.1, 0.15) is 32.3 Å². The zero-order valence-corrected chi connectivity index (χ0v) is 18.0. The number of nitrogens with zero attached hydrogens (tertiary/aromatic N) is 1. The van der Waals surface area contributed by atoms with Gasteiger partial charge in [0.1, 0.15) is 0 Å². The molecule has 0 aliphatic carbocycles. The number of hydrogen-bond acceptors (Lipinski definition) is 4. The van der Waals surface area contributed by atoms with Gasteiger partial charge in [-0.3, -0.25) is 9.59 Å². The van der Waals surface area contributed by atoms with Gasteiger partial charge in [-0.2, -0.15) is 0 Å². The summed E-state index contributed by atoms with van der Waals surface area (Å²) in [6.07, 6.45) is 4.50. The van der Waals surface area contributed by atoms with Crippen LogP contribution in [0.4, 0.5) is 11.4 Å². The monoisotopic (exact) mass is 428 g/mol. The Morgan fingerprint density at radius 2 is 2.00 bits per heavy atom. The van der Waals surface area contributed by atoms with Crippen LogP contribution in [0, 0.1) is 0 Å². The van der Waals surface area contributed by atoms with Gasteiger partial charge in [0.05, 0.1) is 23.9 Å². The Morgan fingerprint density at radius 1 is 1.20 bits per heavy atom. The standard InChI is InChI=1S/C23H25ClN2O4/c1-15(2)30-20-10-6-16(13-21(20)29-3)7-11-22(27)25-19-14-17(8-9-18(19)24)26-12-4-5-23(26)28/h6-11,13-15H,4-5,12H2,1-3H3,(H,25,27)/b11-7+. The van der Waals surface area contributed by atoms with Crippen molar-refractivity contribution in [3.8, 4) is 11.5 Å². The number of ether oxygens (including phenoxy) is 2. The van der Waals surface area contributed by atoms with E-state index in [0.717, 1.165) is 17.7 Å². The topological polar surface area (TPSA) is 67.9 Å². The number of amides is 2. The third-order valence-electron chi connectivity index (χ3n) is 4.57. The fourth-order valence-corrected chi connectivity index (χ4v) is 3.35. The average molecular weight is 429 g/mol. The first-order valence-electron chi connectivity index (χ1n) is 9.81. The van der Waals surface area contributed by atoms with Gasteiger partial charge < -0.3 is 19.7 Å². The summed E-state index contributed by atoms with van der Waals surface area (Å²) in [5.74, 6) is 0.989. The van der Waals surface area contributed by atoms with Gasteiger partial charge in [0.2, 0.25) is 11.8 Å². The molecule has 3 rings (SSSR count). The maximum atomic E-state index is 12.4. The van der Waals surface area contributed by atoms with Crippen molar-refractivity contribution < 1.29 is 19.1 Å². The first kappa shape index (κ1) is 21.7. The maximum absolute atomic E-state index is 12.4. The normalized spacial score (nSPS) is 13.9. The Morgan fingerprint density at radius 3 is 2.67 bits per heavy atom. The van der Waals surface area contributed by atoms with Crippen molar-refractivity contribution in [3.05, 3.63) is 53.1 Å². The summed E-state index contributed by atoms with van der Waals surface area (Å²) >= 11 is 6.23. The van der Waals surface area contributed by atoms with Crippen LogP contribution in [0.2, 0.25) is 5.02 Å². The second-order valence-corrected chi connectivity index (χ2v) is 7.62. The molecule has 0 bridgehead atoms. The predicted octanol–water partition coefficient (Wildman–Crippen LogP) is 4.91. The number of hydrogen-bond donors (Lipinski definition) is 1. The Balaban J connectivity index is 1.71. The van der Waals surface area contributed by atoms with Gasteiger partial charge >= 0.3 is 0 Å². The minimum Gasteiger partial charge on any atom is -0.493 e. The van der Waals surface area contributed by atoms with Crippen molar-refractivity contribution in [1.29, 1.82) is 0 Å². The number of methoxy groups -OCH3 is 1. The van der Waals surface area contributed by atoms with E-state index in [2.05, 4.69) is 5.32 Å². The van der Waals surface area contributed by atoms with E-state index in [1.807, 2.05) is 26.0 Å². The van der Waals surface area contributed by atoms with Gasteiger partial charge in [-0.1, -0.05) is 17.7 Å². The van der Waals surface area contributed by atoms with E-state index in [9.17, 15) is 9.59 Å². The Kier molecular flexibility index (Phi) is 7.00. The van der Waals surface area contributed by atoms with Gasteiger partial charge in [0, 0.05) is 24.7 Å². The largest absolute Gasteiger partial charge is 0.493 e. The molecule has 1 saturated heterocycles. The van der Waals surface area contributed by atoms with E-state index in [1.54, 1.807) is 42.4 Å². The Hall–Kier alpha value is -2.99. The smallest absolute Gasteiger partial charge is 0.248 e. The van der Waals surface area contributed by atoms with Crippen molar-refractivity contribution in [2.45, 2.75) is 32.8 Å². The number of carbonyl (C=O) groups excluding carboxylic acids is 2. The van der Waals surface area contributed by atoms with E-state index in [-0.39, 0.29) is 17.9 Å². The number of rotatable bonds is 7. The highest BCUT2D eigenvalue weighted by Crippen LogP contribution is 2.31. The Bertz CT molecular complexity index is 972. The fraction of sp³-hybridized carbons (Fsp3) is 0.304. The molecule has 1 fully saturated rings. The molecule has 1 aliphatic heterocycles. The number of benzene rings is 2. The summed E-state index contributed by atoms with van der Waals surface area (Å²) in [6, 6.07) is 10.6. The fourth-order valence-electron chi connectivity index (χ4n) is 3.18. The van der Waals surface area contributed by atoms with Crippen molar-refractivity contribution >= 4 is 40.9 Å². The molecule has 0 atom stereocenters. The van der Waals surface area contributed by atoms with Crippen LogP contribution in [0.5, 0.6) is 11.5 Å². The first-order chi connectivity index (χ1) is 14.4. The minimum absolute atomic E-state index is 0.0300. The number of carbonyl (C=O) groups is 2. The predicted molar refractivity (Wildman–Crippen MR) is 119 cm³/mol. The molecule has 1 N–H and O–H groups in total. The van der Waals surface area contributed by atoms with Crippen molar-refractivity contribution in [2.75, 3.05) is 23.9 Å². The molecular formula is C23H25ClN2O4. The molecule has 158 valence electrons. The zero-order chi connectivity index (χ0) is 21.7. The van der Waals surface area contributed by atoms with Gasteiger partial charge in [-0.15, -0.1) is 0 Å². The summed E-state index contributed by atoms with van der Waals surface area (Å²) in [4.78, 5) is 26.1. The van der Waals surface area contributed by atoms with Crippen LogP contribution in [0.15, 0.2) is 42.5 Å². The van der Waals surface area contributed by atoms with Crippen LogP contribution in [0.3, 0.4) is 0 Å². The van der Waals surface area contributed by atoms with E-state index in [1.165, 1.54) is 6.08 Å². The second kappa shape index (κ2) is 9.67. The van der Waals surface area contributed by atoms with E-state index < -0.39 is 0 Å². The van der Waals surface area contributed by atoms with Crippen LogP contribution >= 0.6 is 11.6 Å². The lowest BCUT2D eigenvalue weighted by Crippen LogP contribution is -2.23. The third kappa shape index (κ3) is 5.33. The average Bonchev–Trinajstić information content (AvgIpc) is 3.14. The molecule has 0 spiro atoms. The van der Waals surface area contributed by atoms with Gasteiger partial charge in [-0.05, 0) is 62.2 Å². The summed E-state index contributed by atoms with van der Waals surface area (Å²) in [5, 5.41) is 3.18. The number of nitrogens with one attached hydrogen (secondary N) is 1. The minimum atomic E-state index is -0.330. The van der Waals surface area contributed by atoms with Crippen LogP contribution in [-0.4, -0.2) is 31.6 Å². The van der Waals surface area contributed by atoms with Gasteiger partial charge in [0.15, 0.2) is 11.5 Å². The lowest BCUT2D eigenvalue weighted by atomic mass is 10.2. The lowest BCUT2D eigenvalue weighted by Gasteiger charge is -2.17. The van der Waals surface area contributed by atoms with Crippen molar-refractivity contribution in [1.82, 2.24) is 0 Å². The molecule has 0 aromatic heterocycles. The quantitative estimate of drug-likeness (QED) is 0.636. The molecule has 7 heteroatoms. The number of halogens is 1. The molecular weight excluding hydrogens is 404 g/mol. The third-order valence-corrected chi connectivity index (χ3v) is 4.90. The lowest BCUT2D eigenvalue weighted by molar-refractivity contribution is -0.117. The van der Waals surface area contributed by atoms with Crippen LogP contribution < -0.4 is 19.7 Å². The van der Waals surface area contributed by atoms with E-state index in [4.69, 9.17) is 21.1 Å². The molecule has 1 heterocycles. The maximum Gasteiger partial charge on any atom is 0.248 e. The van der Waals surface area contributed by atoms with Gasteiger partial charge in [0.25, 0.3) is 0 Å². The van der Waals surface area contributed by atoms with Crippen LogP contribution in [0.25, 0.3) is 6.08 Å². The first-order valence-corrected chi connectivity index (χ1v) is 10.2. The zero-order valence-electron chi connectivity index (χ0n) is 17.3. The highest BCUT2D eigenvalue weighted by atomic mass is 35.5. The molecule has 2 aromatic rings. The summed E-state index contributed by atoms with van der Waals surface area (Å²) in [6.45, 7) is 4.56. The molecule has 0 unspecified atom stereocenters.